The van der Waals surface area contributed by atoms with Crippen molar-refractivity contribution in [1.82, 2.24) is 15.0 Å². The SMILES string of the molecule is O=c1cc(-c2ccc(OCCCc3cn(CCOCCOCCOc4ccc(-c5oc6ccccc6c(=O)c5OCc5ccccc5)cc4)nn3)cc2)oc2ccc(F)cc12. The molecular formula is C48H42FN3O9. The van der Waals surface area contributed by atoms with Crippen LogP contribution in [0.4, 0.5) is 4.39 Å². The first kappa shape index (κ1) is 40.7. The molecule has 0 aliphatic heterocycles. The number of fused-ring (bicyclic) bond motifs is 2. The average Bonchev–Trinajstić information content (AvgIpc) is 3.75. The molecule has 0 radical (unpaired) electrons. The Morgan fingerprint density at radius 2 is 1.31 bits per heavy atom. The molecule has 0 atom stereocenters. The summed E-state index contributed by atoms with van der Waals surface area (Å²) in [5, 5.41) is 9.11. The van der Waals surface area contributed by atoms with Crippen LogP contribution >= 0.6 is 0 Å². The molecule has 310 valence electrons. The number of aromatic nitrogens is 3. The van der Waals surface area contributed by atoms with Gasteiger partial charge in [0.1, 0.15) is 47.5 Å². The highest BCUT2D eigenvalue weighted by Crippen LogP contribution is 2.32. The predicted molar refractivity (Wildman–Crippen MR) is 228 cm³/mol. The molecule has 0 aliphatic carbocycles. The molecule has 0 bridgehead atoms. The van der Waals surface area contributed by atoms with Gasteiger partial charge in [-0.2, -0.15) is 0 Å². The number of benzene rings is 5. The second kappa shape index (κ2) is 19.8. The van der Waals surface area contributed by atoms with Gasteiger partial charge >= 0.3 is 0 Å². The molecule has 12 nitrogen and oxygen atoms in total. The van der Waals surface area contributed by atoms with Crippen LogP contribution in [0, 0.1) is 5.82 Å². The zero-order valence-corrected chi connectivity index (χ0v) is 33.2. The molecule has 5 aromatic carbocycles. The molecule has 0 fully saturated rings. The largest absolute Gasteiger partial charge is 0.494 e. The minimum Gasteiger partial charge on any atom is -0.494 e. The molecule has 3 aromatic heterocycles. The van der Waals surface area contributed by atoms with E-state index in [1.165, 1.54) is 24.3 Å². The Kier molecular flexibility index (Phi) is 13.2. The zero-order chi connectivity index (χ0) is 41.8. The van der Waals surface area contributed by atoms with Crippen molar-refractivity contribution in [3.63, 3.8) is 0 Å². The number of ether oxygens (including phenoxy) is 5. The Balaban J connectivity index is 0.701. The highest BCUT2D eigenvalue weighted by molar-refractivity contribution is 5.82. The lowest BCUT2D eigenvalue weighted by Gasteiger charge is -2.12. The molecule has 13 heteroatoms. The fourth-order valence-corrected chi connectivity index (χ4v) is 6.57. The van der Waals surface area contributed by atoms with Gasteiger partial charge in [-0.25, -0.2) is 9.07 Å². The fourth-order valence-electron chi connectivity index (χ4n) is 6.57. The van der Waals surface area contributed by atoms with Gasteiger partial charge in [0.25, 0.3) is 0 Å². The van der Waals surface area contributed by atoms with Crippen molar-refractivity contribution in [2.24, 2.45) is 0 Å². The van der Waals surface area contributed by atoms with Crippen molar-refractivity contribution in [2.45, 2.75) is 26.0 Å². The number of para-hydroxylation sites is 1. The first-order chi connectivity index (χ1) is 30.0. The van der Waals surface area contributed by atoms with E-state index >= 15 is 0 Å². The summed E-state index contributed by atoms with van der Waals surface area (Å²) in [4.78, 5) is 25.9. The van der Waals surface area contributed by atoms with E-state index in [4.69, 9.17) is 32.5 Å². The summed E-state index contributed by atoms with van der Waals surface area (Å²) >= 11 is 0. The Bertz CT molecular complexity index is 2800. The van der Waals surface area contributed by atoms with E-state index in [0.717, 1.165) is 17.7 Å². The van der Waals surface area contributed by atoms with Gasteiger partial charge in [-0.15, -0.1) is 5.10 Å². The maximum atomic E-state index is 13.5. The van der Waals surface area contributed by atoms with Gasteiger partial charge in [0, 0.05) is 23.4 Å². The van der Waals surface area contributed by atoms with Gasteiger partial charge in [-0.1, -0.05) is 47.7 Å². The van der Waals surface area contributed by atoms with Gasteiger partial charge in [0.2, 0.25) is 11.2 Å². The first-order valence-electron chi connectivity index (χ1n) is 19.9. The maximum absolute atomic E-state index is 13.5. The predicted octanol–water partition coefficient (Wildman–Crippen LogP) is 8.67. The first-order valence-corrected chi connectivity index (χ1v) is 19.9. The number of nitrogens with zero attached hydrogens (tertiary/aromatic N) is 3. The van der Waals surface area contributed by atoms with Crippen LogP contribution in [0.1, 0.15) is 17.7 Å². The summed E-state index contributed by atoms with van der Waals surface area (Å²) in [6.07, 6.45) is 3.35. The Morgan fingerprint density at radius 1 is 0.623 bits per heavy atom. The van der Waals surface area contributed by atoms with Gasteiger partial charge in [-0.3, -0.25) is 9.59 Å². The summed E-state index contributed by atoms with van der Waals surface area (Å²) in [6, 6.07) is 36.7. The molecule has 8 rings (SSSR count). The third kappa shape index (κ3) is 10.6. The Morgan fingerprint density at radius 3 is 2.11 bits per heavy atom. The van der Waals surface area contributed by atoms with Crippen molar-refractivity contribution in [3.8, 4) is 39.9 Å². The molecule has 61 heavy (non-hydrogen) atoms. The number of rotatable bonds is 20. The molecule has 3 heterocycles. The number of hydrogen-bond donors (Lipinski definition) is 0. The number of halogens is 1. The molecule has 0 saturated heterocycles. The third-order valence-electron chi connectivity index (χ3n) is 9.69. The second-order valence-electron chi connectivity index (χ2n) is 14.0. The zero-order valence-electron chi connectivity index (χ0n) is 33.2. The van der Waals surface area contributed by atoms with Crippen LogP contribution < -0.4 is 25.1 Å². The van der Waals surface area contributed by atoms with Crippen molar-refractivity contribution in [2.75, 3.05) is 39.6 Å². The molecule has 0 aliphatic rings. The molecular weight excluding hydrogens is 782 g/mol. The molecule has 8 aromatic rings. The van der Waals surface area contributed by atoms with Crippen LogP contribution in [0.15, 0.2) is 152 Å². The number of aryl methyl sites for hydroxylation is 1. The van der Waals surface area contributed by atoms with Gasteiger partial charge in [0.15, 0.2) is 11.2 Å². The van der Waals surface area contributed by atoms with E-state index in [-0.39, 0.29) is 28.6 Å². The van der Waals surface area contributed by atoms with E-state index in [2.05, 4.69) is 10.3 Å². The summed E-state index contributed by atoms with van der Waals surface area (Å²) in [6.45, 7) is 3.34. The van der Waals surface area contributed by atoms with Crippen molar-refractivity contribution in [3.05, 3.63) is 171 Å². The van der Waals surface area contributed by atoms with Crippen LogP contribution in [-0.2, 0) is 29.0 Å². The van der Waals surface area contributed by atoms with Crippen molar-refractivity contribution < 1.29 is 36.9 Å². The summed E-state index contributed by atoms with van der Waals surface area (Å²) in [7, 11) is 0. The standard InChI is InChI=1S/C48H42FN3O9/c49-36-16-21-44-41(29-36)42(53)30-45(60-44)34-12-17-38(18-13-34)57-23-6-9-37-31-52(51-50-37)22-24-55-25-26-56-27-28-58-39-19-14-35(15-20-39)47-48(59-32-33-7-2-1-3-8-33)46(54)40-10-4-5-11-43(40)61-47/h1-5,7-8,10-21,29-31H,6,9,22-28,32H2. The molecule has 0 N–H and O–H groups in total. The maximum Gasteiger partial charge on any atom is 0.235 e. The van der Waals surface area contributed by atoms with Crippen LogP contribution in [0.2, 0.25) is 0 Å². The lowest BCUT2D eigenvalue weighted by Crippen LogP contribution is -2.13. The highest BCUT2D eigenvalue weighted by atomic mass is 19.1. The summed E-state index contributed by atoms with van der Waals surface area (Å²) in [5.41, 5.74) is 3.50. The Hall–Kier alpha value is -7.09. The monoisotopic (exact) mass is 823 g/mol. The summed E-state index contributed by atoms with van der Waals surface area (Å²) in [5.74, 6) is 1.78. The van der Waals surface area contributed by atoms with E-state index in [0.29, 0.717) is 103 Å². The topological polar surface area (TPSA) is 137 Å². The van der Waals surface area contributed by atoms with Gasteiger partial charge < -0.3 is 32.5 Å². The van der Waals surface area contributed by atoms with Crippen LogP contribution in [-0.4, -0.2) is 54.6 Å². The molecule has 0 amide bonds. The molecule has 0 unspecified atom stereocenters. The second-order valence-corrected chi connectivity index (χ2v) is 14.0. The van der Waals surface area contributed by atoms with Crippen LogP contribution in [0.3, 0.4) is 0 Å². The van der Waals surface area contributed by atoms with Gasteiger partial charge in [0.05, 0.1) is 56.0 Å². The van der Waals surface area contributed by atoms with E-state index < -0.39 is 5.82 Å². The highest BCUT2D eigenvalue weighted by Gasteiger charge is 2.18. The summed E-state index contributed by atoms with van der Waals surface area (Å²) < 4.78 is 56.5. The normalized spacial score (nSPS) is 11.3. The fraction of sp³-hybridized carbons (Fsp3) is 0.208. The number of hydrogen-bond acceptors (Lipinski definition) is 11. The average molecular weight is 824 g/mol. The quantitative estimate of drug-likeness (QED) is 0.0683. The van der Waals surface area contributed by atoms with E-state index in [9.17, 15) is 14.0 Å². The molecule has 0 saturated carbocycles. The van der Waals surface area contributed by atoms with Crippen LogP contribution in [0.5, 0.6) is 17.2 Å². The van der Waals surface area contributed by atoms with Crippen molar-refractivity contribution in [1.29, 1.82) is 0 Å². The molecule has 0 spiro atoms. The van der Waals surface area contributed by atoms with E-state index in [1.807, 2.05) is 91.1 Å². The minimum absolute atomic E-state index is 0.164. The van der Waals surface area contributed by atoms with Crippen LogP contribution in [0.25, 0.3) is 44.6 Å². The Labute approximate surface area is 349 Å². The third-order valence-corrected chi connectivity index (χ3v) is 9.69. The van der Waals surface area contributed by atoms with E-state index in [1.54, 1.807) is 22.9 Å². The van der Waals surface area contributed by atoms with Gasteiger partial charge in [-0.05, 0) is 97.3 Å². The minimum atomic E-state index is -0.484. The lowest BCUT2D eigenvalue weighted by atomic mass is 10.1. The lowest BCUT2D eigenvalue weighted by molar-refractivity contribution is 0.0333. The van der Waals surface area contributed by atoms with Crippen molar-refractivity contribution >= 4 is 21.9 Å². The smallest absolute Gasteiger partial charge is 0.235 e.